The average Bonchev–Trinajstić information content (AvgIpc) is 3.16. The summed E-state index contributed by atoms with van der Waals surface area (Å²) in [5.74, 6) is -0.286. The van der Waals surface area contributed by atoms with Crippen molar-refractivity contribution < 1.29 is 27.0 Å². The van der Waals surface area contributed by atoms with Gasteiger partial charge in [0.05, 0.1) is 17.1 Å². The first-order valence-electron chi connectivity index (χ1n) is 10.1. The first-order valence-corrected chi connectivity index (χ1v) is 10.1. The van der Waals surface area contributed by atoms with E-state index >= 15 is 0 Å². The van der Waals surface area contributed by atoms with Crippen molar-refractivity contribution in [1.29, 1.82) is 0 Å². The van der Waals surface area contributed by atoms with Gasteiger partial charge in [0.15, 0.2) is 6.61 Å². The maximum Gasteiger partial charge on any atom is 0.422 e. The van der Waals surface area contributed by atoms with E-state index in [0.717, 1.165) is 37.5 Å². The molecule has 1 aliphatic heterocycles. The van der Waals surface area contributed by atoms with Crippen LogP contribution in [0.15, 0.2) is 42.5 Å². The lowest BCUT2D eigenvalue weighted by atomic mass is 10.0. The maximum atomic E-state index is 14.8. The first-order chi connectivity index (χ1) is 14.8. The van der Waals surface area contributed by atoms with Gasteiger partial charge >= 0.3 is 6.18 Å². The predicted molar refractivity (Wildman–Crippen MR) is 107 cm³/mol. The van der Waals surface area contributed by atoms with Crippen molar-refractivity contribution >= 4 is 11.0 Å². The van der Waals surface area contributed by atoms with Crippen LogP contribution < -0.4 is 4.74 Å². The summed E-state index contributed by atoms with van der Waals surface area (Å²) in [4.78, 5) is 9.89. The molecule has 1 saturated heterocycles. The van der Waals surface area contributed by atoms with Crippen LogP contribution in [-0.4, -0.2) is 53.9 Å². The lowest BCUT2D eigenvalue weighted by Gasteiger charge is -2.31. The van der Waals surface area contributed by atoms with Gasteiger partial charge in [-0.3, -0.25) is 0 Å². The number of nitrogens with one attached hydrogen (secondary N) is 1. The number of alkyl halides is 3. The number of likely N-dealkylation sites (tertiary alicyclic amines) is 1. The van der Waals surface area contributed by atoms with Gasteiger partial charge in [-0.15, -0.1) is 0 Å². The topological polar surface area (TPSA) is 50.4 Å². The van der Waals surface area contributed by atoms with Crippen molar-refractivity contribution in [2.45, 2.75) is 31.2 Å². The van der Waals surface area contributed by atoms with E-state index in [1.807, 2.05) is 31.3 Å². The number of hydrogen-bond acceptors (Lipinski definition) is 4. The molecule has 1 fully saturated rings. The number of halogens is 4. The molecule has 0 amide bonds. The van der Waals surface area contributed by atoms with Crippen molar-refractivity contribution in [2.75, 3.05) is 26.7 Å². The minimum atomic E-state index is -4.49. The van der Waals surface area contributed by atoms with Crippen LogP contribution in [-0.2, 0) is 4.74 Å². The third kappa shape index (κ3) is 5.34. The number of ether oxygens (including phenoxy) is 2. The van der Waals surface area contributed by atoms with E-state index in [2.05, 4.69) is 14.9 Å². The van der Waals surface area contributed by atoms with E-state index in [1.54, 1.807) is 0 Å². The zero-order valence-electron chi connectivity index (χ0n) is 17.0. The Morgan fingerprint density at radius 2 is 1.90 bits per heavy atom. The summed E-state index contributed by atoms with van der Waals surface area (Å²) < 4.78 is 63.6. The maximum absolute atomic E-state index is 14.8. The standard InChI is InChI=1S/C22H23F4N3O2/c1-29-10-8-14(9-11-29)31-20(21-27-18-4-2-3-5-19(18)28-21)16-12-15(6-7-17(16)23)30-13-22(24,25)26/h2-7,12,14,20H,8-11,13H2,1H3,(H,27,28). The molecule has 1 N–H and O–H groups in total. The fourth-order valence-electron chi connectivity index (χ4n) is 3.67. The van der Waals surface area contributed by atoms with Crippen LogP contribution in [0, 0.1) is 5.82 Å². The van der Waals surface area contributed by atoms with E-state index in [9.17, 15) is 17.6 Å². The van der Waals surface area contributed by atoms with Gasteiger partial charge in [-0.05, 0) is 50.2 Å². The number of piperidine rings is 1. The summed E-state index contributed by atoms with van der Waals surface area (Å²) in [6.07, 6.45) is -4.00. The number of nitrogens with zero attached hydrogens (tertiary/aromatic N) is 2. The molecular weight excluding hydrogens is 414 g/mol. The van der Waals surface area contributed by atoms with Crippen LogP contribution in [0.5, 0.6) is 5.75 Å². The molecule has 1 unspecified atom stereocenters. The summed E-state index contributed by atoms with van der Waals surface area (Å²) >= 11 is 0. The lowest BCUT2D eigenvalue weighted by Crippen LogP contribution is -2.35. The highest BCUT2D eigenvalue weighted by molar-refractivity contribution is 5.74. The number of fused-ring (bicyclic) bond motifs is 1. The molecule has 5 nitrogen and oxygen atoms in total. The quantitative estimate of drug-likeness (QED) is 0.561. The van der Waals surface area contributed by atoms with Crippen LogP contribution in [0.4, 0.5) is 17.6 Å². The molecule has 1 aliphatic rings. The zero-order chi connectivity index (χ0) is 22.0. The van der Waals surface area contributed by atoms with Crippen molar-refractivity contribution in [3.8, 4) is 5.75 Å². The van der Waals surface area contributed by atoms with Gasteiger partial charge in [-0.1, -0.05) is 12.1 Å². The lowest BCUT2D eigenvalue weighted by molar-refractivity contribution is -0.153. The van der Waals surface area contributed by atoms with Crippen molar-refractivity contribution in [3.05, 3.63) is 59.7 Å². The molecule has 0 saturated carbocycles. The molecule has 0 spiro atoms. The number of H-pyrrole nitrogens is 1. The molecule has 31 heavy (non-hydrogen) atoms. The van der Waals surface area contributed by atoms with Crippen LogP contribution in [0.25, 0.3) is 11.0 Å². The van der Waals surface area contributed by atoms with Gasteiger partial charge in [0, 0.05) is 18.7 Å². The van der Waals surface area contributed by atoms with Crippen LogP contribution in [0.2, 0.25) is 0 Å². The smallest absolute Gasteiger partial charge is 0.422 e. The Kier molecular flexibility index (Phi) is 6.15. The van der Waals surface area contributed by atoms with Gasteiger partial charge < -0.3 is 19.4 Å². The van der Waals surface area contributed by atoms with E-state index in [-0.39, 0.29) is 17.4 Å². The fraction of sp³-hybridized carbons (Fsp3) is 0.409. The van der Waals surface area contributed by atoms with Gasteiger partial charge in [0.1, 0.15) is 23.5 Å². The van der Waals surface area contributed by atoms with Crippen molar-refractivity contribution in [2.24, 2.45) is 0 Å². The van der Waals surface area contributed by atoms with Crippen LogP contribution in [0.3, 0.4) is 0 Å². The van der Waals surface area contributed by atoms with E-state index < -0.39 is 24.7 Å². The number of benzene rings is 2. The minimum Gasteiger partial charge on any atom is -0.484 e. The molecule has 2 aromatic carbocycles. The second kappa shape index (κ2) is 8.84. The molecule has 4 rings (SSSR count). The predicted octanol–water partition coefficient (Wildman–Crippen LogP) is 4.84. The van der Waals surface area contributed by atoms with E-state index in [0.29, 0.717) is 11.3 Å². The average molecular weight is 437 g/mol. The third-order valence-electron chi connectivity index (χ3n) is 5.30. The highest BCUT2D eigenvalue weighted by Crippen LogP contribution is 2.33. The third-order valence-corrected chi connectivity index (χ3v) is 5.30. The highest BCUT2D eigenvalue weighted by atomic mass is 19.4. The molecule has 2 heterocycles. The summed E-state index contributed by atoms with van der Waals surface area (Å²) in [6.45, 7) is 0.229. The summed E-state index contributed by atoms with van der Waals surface area (Å²) in [6, 6.07) is 10.9. The second-order valence-corrected chi connectivity index (χ2v) is 7.75. The summed E-state index contributed by atoms with van der Waals surface area (Å²) in [5, 5.41) is 0. The van der Waals surface area contributed by atoms with Crippen molar-refractivity contribution in [1.82, 2.24) is 14.9 Å². The molecule has 166 valence electrons. The second-order valence-electron chi connectivity index (χ2n) is 7.75. The number of hydrogen-bond donors (Lipinski definition) is 1. The van der Waals surface area contributed by atoms with Gasteiger partial charge in [-0.2, -0.15) is 13.2 Å². The Morgan fingerprint density at radius 1 is 1.16 bits per heavy atom. The minimum absolute atomic E-state index is 0.0812. The SMILES string of the molecule is CN1CCC(OC(c2nc3ccccc3[nH]2)c2cc(OCC(F)(F)F)ccc2F)CC1. The van der Waals surface area contributed by atoms with Crippen molar-refractivity contribution in [3.63, 3.8) is 0 Å². The summed E-state index contributed by atoms with van der Waals surface area (Å²) in [7, 11) is 2.02. The molecule has 1 aromatic heterocycles. The van der Waals surface area contributed by atoms with Gasteiger partial charge in [-0.25, -0.2) is 9.37 Å². The van der Waals surface area contributed by atoms with E-state index in [4.69, 9.17) is 9.47 Å². The van der Waals surface area contributed by atoms with Crippen LogP contribution >= 0.6 is 0 Å². The fourth-order valence-corrected chi connectivity index (χ4v) is 3.67. The molecule has 0 bridgehead atoms. The molecule has 0 aliphatic carbocycles. The Bertz CT molecular complexity index is 996. The highest BCUT2D eigenvalue weighted by Gasteiger charge is 2.30. The van der Waals surface area contributed by atoms with Crippen LogP contribution in [0.1, 0.15) is 30.3 Å². The first kappa shape index (κ1) is 21.6. The number of imidazole rings is 1. The summed E-state index contributed by atoms with van der Waals surface area (Å²) in [5.41, 5.74) is 1.54. The largest absolute Gasteiger partial charge is 0.484 e. The molecule has 1 atom stereocenters. The Labute approximate surface area is 177 Å². The zero-order valence-corrected chi connectivity index (χ0v) is 17.0. The normalized spacial score (nSPS) is 17.2. The van der Waals surface area contributed by atoms with Gasteiger partial charge in [0.25, 0.3) is 0 Å². The molecule has 3 aromatic rings. The Morgan fingerprint density at radius 3 is 2.61 bits per heavy atom. The Hall–Kier alpha value is -2.65. The van der Waals surface area contributed by atoms with Gasteiger partial charge in [0.2, 0.25) is 0 Å². The number of aromatic amines is 1. The number of aromatic nitrogens is 2. The molecule has 0 radical (unpaired) electrons. The monoisotopic (exact) mass is 437 g/mol. The number of rotatable bonds is 6. The number of para-hydroxylation sites is 2. The Balaban J connectivity index is 1.68. The van der Waals surface area contributed by atoms with E-state index in [1.165, 1.54) is 12.1 Å². The molecule has 9 heteroatoms. The molecular formula is C22H23F4N3O2.